The molecule has 3 aromatic carbocycles. The Morgan fingerprint density at radius 3 is 1.24 bits per heavy atom. The van der Waals surface area contributed by atoms with Crippen molar-refractivity contribution in [3.63, 3.8) is 0 Å². The van der Waals surface area contributed by atoms with E-state index in [1.807, 2.05) is 12.1 Å². The summed E-state index contributed by atoms with van der Waals surface area (Å²) in [5.41, 5.74) is 0.491. The third-order valence-corrected chi connectivity index (χ3v) is 10.5. The number of nitrogens with zero attached hydrogens (tertiary/aromatic N) is 6. The minimum absolute atomic E-state index is 0.000990. The molecule has 0 atom stereocenters. The van der Waals surface area contributed by atoms with Crippen molar-refractivity contribution in [2.45, 2.75) is 40.6 Å². The topological polar surface area (TPSA) is 344 Å². The third kappa shape index (κ3) is 17.1. The van der Waals surface area contributed by atoms with Crippen molar-refractivity contribution in [3.05, 3.63) is 130 Å². The number of carbonyl (C=O) groups excluding carboxylic acids is 3. The fourth-order valence-corrected chi connectivity index (χ4v) is 6.97. The lowest BCUT2D eigenvalue weighted by Gasteiger charge is -2.23. The third-order valence-electron chi connectivity index (χ3n) is 10.5. The molecule has 0 unspecified atom stereocenters. The number of aliphatic hydroxyl groups is 3. The van der Waals surface area contributed by atoms with Gasteiger partial charge in [0.1, 0.15) is 80.2 Å². The highest BCUT2D eigenvalue weighted by atomic mass is 16.6. The monoisotopic (exact) mass is 1080 g/mol. The van der Waals surface area contributed by atoms with Crippen LogP contribution in [0.5, 0.6) is 52.5 Å². The van der Waals surface area contributed by atoms with Crippen LogP contribution in [-0.4, -0.2) is 119 Å². The molecule has 79 heavy (non-hydrogen) atoms. The fraction of sp³-hybridized carbons (Fsp3) is 0.235. The molecular formula is C51H47B3N6O19. The first-order valence-electron chi connectivity index (χ1n) is 23.6. The number of aromatic nitrogens is 3. The van der Waals surface area contributed by atoms with E-state index in [2.05, 4.69) is 19.8 Å². The van der Waals surface area contributed by atoms with Crippen LogP contribution in [-0.2, 0) is 57.6 Å². The van der Waals surface area contributed by atoms with E-state index in [1.165, 1.54) is 112 Å². The lowest BCUT2D eigenvalue weighted by atomic mass is 9.65. The zero-order valence-electron chi connectivity index (χ0n) is 42.4. The maximum atomic E-state index is 11.8. The molecule has 6 aromatic rings. The number of nitriles is 2. The summed E-state index contributed by atoms with van der Waals surface area (Å²) in [6.07, 6.45) is 0. The number of ether oxygens (including phenoxy) is 9. The summed E-state index contributed by atoms with van der Waals surface area (Å²) in [7, 11) is -5.63. The van der Waals surface area contributed by atoms with Crippen LogP contribution < -0.4 is 44.8 Å². The number of aliphatic hydroxyl groups excluding tert-OH is 3. The van der Waals surface area contributed by atoms with E-state index >= 15 is 0 Å². The average molecular weight is 1080 g/mol. The van der Waals surface area contributed by atoms with Gasteiger partial charge in [-0.05, 0) is 93.7 Å². The van der Waals surface area contributed by atoms with Crippen molar-refractivity contribution in [2.24, 2.45) is 0 Å². The maximum absolute atomic E-state index is 11.8. The van der Waals surface area contributed by atoms with Gasteiger partial charge in [-0.25, -0.2) is 4.85 Å². The van der Waals surface area contributed by atoms with Gasteiger partial charge in [-0.3, -0.25) is 14.4 Å². The maximum Gasteiger partial charge on any atom is 0.478 e. The zero-order valence-corrected chi connectivity index (χ0v) is 42.4. The molecule has 28 heteroatoms. The predicted molar refractivity (Wildman–Crippen MR) is 275 cm³/mol. The lowest BCUT2D eigenvalue weighted by molar-refractivity contribution is -0.142. The van der Waals surface area contributed by atoms with Crippen LogP contribution >= 0.6 is 0 Å². The van der Waals surface area contributed by atoms with Crippen LogP contribution in [0.2, 0.25) is 0 Å². The first-order valence-corrected chi connectivity index (χ1v) is 23.6. The summed E-state index contributed by atoms with van der Waals surface area (Å²) in [6, 6.07) is 24.8. The van der Waals surface area contributed by atoms with Gasteiger partial charge >= 0.3 is 39.3 Å². The van der Waals surface area contributed by atoms with Gasteiger partial charge in [-0.2, -0.15) is 25.5 Å². The molecular weight excluding hydrogens is 1030 g/mol. The molecule has 0 bridgehead atoms. The summed E-state index contributed by atoms with van der Waals surface area (Å²) in [5.74, 6) is -1.61. The van der Waals surface area contributed by atoms with Gasteiger partial charge in [0.15, 0.2) is 0 Å². The highest BCUT2D eigenvalue weighted by Gasteiger charge is 2.36. The zero-order chi connectivity index (χ0) is 56.8. The van der Waals surface area contributed by atoms with Crippen LogP contribution in [0.3, 0.4) is 0 Å². The first-order chi connectivity index (χ1) is 38.1. The Morgan fingerprint density at radius 1 is 0.519 bits per heavy atom. The Morgan fingerprint density at radius 2 is 0.873 bits per heavy atom. The molecule has 3 aromatic heterocycles. The van der Waals surface area contributed by atoms with Crippen molar-refractivity contribution < 1.29 is 91.5 Å². The van der Waals surface area contributed by atoms with Crippen LogP contribution in [0.25, 0.3) is 4.85 Å². The standard InChI is InChI=1S/C51H47B3N6O19/c1-31(64)69-17-20-72-49-34(26-55)5-14-46(58-49)75-39-7-10-42(36(23-39)28-61)52(67)78-54(44-12-9-41(25-38(44)30-63)76-47-15-6-35(27-56)50(59-47)73-21-18-70-32(2)65)79-53(68)43-11-8-40(24-37(43)29-62)77-48-16-13-45(57-4)51(60-48)74-22-19-71-33(3)66/h5-16,23-25,61-63,67-68H,17-22,28-30H2,1-3H3. The first kappa shape index (κ1) is 59.0. The SMILES string of the molecule is [C-]#[N+]c1ccc(Oc2ccc(B(O)OB(OB(O)c3ccc(Oc4ccc(C#N)c(OCCOC(C)=O)n4)cc3CO)c3ccc(Oc4ccc(C#N)c(OCCOC(C)=O)n4)cc3CO)c(CO)c2)nc1OCCOC(C)=O. The largest absolute Gasteiger partial charge is 0.483 e. The van der Waals surface area contributed by atoms with E-state index in [-0.39, 0.29) is 142 Å². The summed E-state index contributed by atoms with van der Waals surface area (Å²) >= 11 is 0. The number of carbonyl (C=O) groups is 3. The number of rotatable bonds is 28. The van der Waals surface area contributed by atoms with Crippen LogP contribution in [0.1, 0.15) is 48.6 Å². The van der Waals surface area contributed by atoms with Crippen molar-refractivity contribution in [1.29, 1.82) is 10.5 Å². The van der Waals surface area contributed by atoms with Crippen molar-refractivity contribution in [1.82, 2.24) is 15.0 Å². The predicted octanol–water partition coefficient (Wildman–Crippen LogP) is 2.35. The minimum Gasteiger partial charge on any atom is -0.483 e. The van der Waals surface area contributed by atoms with Crippen LogP contribution in [0.4, 0.5) is 5.69 Å². The van der Waals surface area contributed by atoms with Crippen molar-refractivity contribution >= 4 is 61.3 Å². The molecule has 0 aliphatic rings. The van der Waals surface area contributed by atoms with Crippen molar-refractivity contribution in [2.75, 3.05) is 39.6 Å². The normalized spacial score (nSPS) is 10.4. The number of esters is 3. The molecule has 5 N–H and O–H groups in total. The van der Waals surface area contributed by atoms with E-state index in [1.54, 1.807) is 0 Å². The second-order valence-corrected chi connectivity index (χ2v) is 16.1. The second kappa shape index (κ2) is 29.3. The van der Waals surface area contributed by atoms with Crippen molar-refractivity contribution in [3.8, 4) is 64.7 Å². The molecule has 25 nitrogen and oxygen atoms in total. The van der Waals surface area contributed by atoms with Gasteiger partial charge in [-0.15, -0.1) is 0 Å². The Balaban J connectivity index is 1.28. The molecule has 6 rings (SSSR count). The molecule has 0 spiro atoms. The van der Waals surface area contributed by atoms with Gasteiger partial charge in [-0.1, -0.05) is 18.2 Å². The molecule has 0 radical (unpaired) electrons. The molecule has 404 valence electrons. The summed E-state index contributed by atoms with van der Waals surface area (Å²) in [6.45, 7) is 8.51. The quantitative estimate of drug-likeness (QED) is 0.0155. The molecule has 3 heterocycles. The van der Waals surface area contributed by atoms with E-state index in [4.69, 9.17) is 58.3 Å². The second-order valence-electron chi connectivity index (χ2n) is 16.1. The number of hydrogen-bond donors (Lipinski definition) is 5. The highest BCUT2D eigenvalue weighted by Crippen LogP contribution is 2.31. The van der Waals surface area contributed by atoms with Crippen LogP contribution in [0.15, 0.2) is 91.0 Å². The van der Waals surface area contributed by atoms with Gasteiger partial charge in [0.05, 0.1) is 26.4 Å². The molecule has 0 aliphatic heterocycles. The smallest absolute Gasteiger partial charge is 0.478 e. The van der Waals surface area contributed by atoms with E-state index in [9.17, 15) is 50.3 Å². The minimum atomic E-state index is -1.94. The van der Waals surface area contributed by atoms with Gasteiger partial charge in [0.25, 0.3) is 0 Å². The average Bonchev–Trinajstić information content (AvgIpc) is 3.45. The van der Waals surface area contributed by atoms with Crippen LogP contribution in [0, 0.1) is 29.2 Å². The number of hydrogen-bond acceptors (Lipinski definition) is 24. The van der Waals surface area contributed by atoms with E-state index < -0.39 is 59.1 Å². The van der Waals surface area contributed by atoms with Gasteiger partial charge < -0.3 is 77.1 Å². The summed E-state index contributed by atoms with van der Waals surface area (Å²) in [5, 5.41) is 74.5. The Bertz CT molecular complexity index is 3120. The highest BCUT2D eigenvalue weighted by molar-refractivity contribution is 6.79. The lowest BCUT2D eigenvalue weighted by Crippen LogP contribution is -2.53. The summed E-state index contributed by atoms with van der Waals surface area (Å²) < 4.78 is 61.2. The Labute approximate surface area is 452 Å². The molecule has 0 saturated heterocycles. The molecule has 0 aliphatic carbocycles. The van der Waals surface area contributed by atoms with Gasteiger partial charge in [0.2, 0.25) is 41.0 Å². The number of benzene rings is 3. The molecule has 0 saturated carbocycles. The fourth-order valence-electron chi connectivity index (χ4n) is 6.97. The molecule has 0 amide bonds. The Hall–Kier alpha value is -9.30. The van der Waals surface area contributed by atoms with E-state index in [0.717, 1.165) is 0 Å². The van der Waals surface area contributed by atoms with Gasteiger partial charge in [0, 0.05) is 32.9 Å². The Kier molecular flexibility index (Phi) is 21.9. The van der Waals surface area contributed by atoms with E-state index in [0.29, 0.717) is 0 Å². The number of pyridine rings is 3. The summed E-state index contributed by atoms with van der Waals surface area (Å²) in [4.78, 5) is 49.6. The molecule has 0 fully saturated rings.